The number of aliphatic hydroxyl groups excluding tert-OH is 2. The van der Waals surface area contributed by atoms with E-state index in [9.17, 15) is 39.9 Å². The Morgan fingerprint density at radius 1 is 1.16 bits per heavy atom. The second-order valence-corrected chi connectivity index (χ2v) is 10.2. The fourth-order valence-electron chi connectivity index (χ4n) is 5.72. The van der Waals surface area contributed by atoms with Crippen LogP contribution in [0.1, 0.15) is 81.3 Å². The van der Waals surface area contributed by atoms with E-state index in [2.05, 4.69) is 0 Å². The van der Waals surface area contributed by atoms with Gasteiger partial charge in [-0.3, -0.25) is 14.4 Å². The Labute approximate surface area is 217 Å². The summed E-state index contributed by atoms with van der Waals surface area (Å²) in [4.78, 5) is 39.5. The molecule has 2 aliphatic carbocycles. The van der Waals surface area contributed by atoms with Crippen molar-refractivity contribution in [2.24, 2.45) is 5.73 Å². The number of nitrogens with two attached hydrogens (primary N) is 1. The first-order valence-electron chi connectivity index (χ1n) is 12.3. The average Bonchev–Trinajstić information content (AvgIpc) is 2.87. The first-order chi connectivity index (χ1) is 17.9. The molecule has 0 amide bonds. The van der Waals surface area contributed by atoms with Gasteiger partial charge in [-0.1, -0.05) is 18.2 Å². The number of ketones is 3. The number of Topliss-reactive ketones (excluding diaryl/α,β-unsaturated/α-hetero) is 1. The number of benzene rings is 2. The smallest absolute Gasteiger partial charge is 0.198 e. The summed E-state index contributed by atoms with van der Waals surface area (Å²) in [5.41, 5.74) is 2.97. The number of carbonyl (C=O) groups excluding carboxylic acids is 3. The van der Waals surface area contributed by atoms with Gasteiger partial charge >= 0.3 is 0 Å². The molecule has 2 aromatic rings. The summed E-state index contributed by atoms with van der Waals surface area (Å²) in [5.74, 6) is -3.43. The fraction of sp³-hybridized carbons (Fsp3) is 0.444. The Morgan fingerprint density at radius 2 is 1.84 bits per heavy atom. The zero-order valence-corrected chi connectivity index (χ0v) is 20.8. The molecule has 7 N–H and O–H groups in total. The molecular weight excluding hydrogens is 498 g/mol. The Kier molecular flexibility index (Phi) is 6.41. The fourth-order valence-corrected chi connectivity index (χ4v) is 5.72. The quantitative estimate of drug-likeness (QED) is 0.259. The molecule has 2 aromatic carbocycles. The van der Waals surface area contributed by atoms with E-state index in [-0.39, 0.29) is 40.7 Å². The largest absolute Gasteiger partial charge is 0.507 e. The van der Waals surface area contributed by atoms with E-state index in [1.807, 2.05) is 0 Å². The van der Waals surface area contributed by atoms with Crippen LogP contribution in [0.3, 0.4) is 0 Å². The van der Waals surface area contributed by atoms with E-state index in [0.29, 0.717) is 0 Å². The van der Waals surface area contributed by atoms with E-state index < -0.39 is 89.2 Å². The maximum Gasteiger partial charge on any atom is 0.198 e. The number of ether oxygens (including phenoxy) is 2. The topological polar surface area (TPSA) is 197 Å². The zero-order chi connectivity index (χ0) is 27.7. The number of rotatable bonds is 4. The van der Waals surface area contributed by atoms with Crippen molar-refractivity contribution in [1.29, 1.82) is 0 Å². The molecule has 6 atom stereocenters. The highest BCUT2D eigenvalue weighted by Crippen LogP contribution is 2.52. The van der Waals surface area contributed by atoms with Gasteiger partial charge in [-0.25, -0.2) is 0 Å². The SMILES string of the molecule is CC(=O)[C@]1(O)Cc2c(O)c3c(c(O)c2[C@@H](O[C@H]2C[C@H](N)[C@@H](O)C(C)O2)C1)C(=O)c1c(CO)cccc1C3=O. The van der Waals surface area contributed by atoms with Crippen LogP contribution in [0.4, 0.5) is 0 Å². The standard InChI is InChI=1S/C27H29NO10/c1-10-22(31)15(28)6-17(37-10)38-16-8-27(36,11(2)30)7-14-19(16)26(35)21-20(24(14)33)23(32)13-5-3-4-12(9-29)18(13)25(21)34/h3-5,10,15-17,22,29,31,33,35-36H,6-9,28H2,1-2H3/t10?,15-,16-,17-,22-,27-/m0/s1. The second kappa shape index (κ2) is 9.23. The normalized spacial score (nSPS) is 30.4. The number of phenolic OH excluding ortho intramolecular Hbond substituents is 2. The van der Waals surface area contributed by atoms with Crippen molar-refractivity contribution in [3.8, 4) is 11.5 Å². The summed E-state index contributed by atoms with van der Waals surface area (Å²) in [6.07, 6.45) is -4.62. The third-order valence-electron chi connectivity index (χ3n) is 7.87. The molecule has 1 heterocycles. The van der Waals surface area contributed by atoms with Crippen LogP contribution in [0.2, 0.25) is 0 Å². The maximum atomic E-state index is 13.6. The van der Waals surface area contributed by atoms with Crippen molar-refractivity contribution < 1.29 is 49.4 Å². The van der Waals surface area contributed by atoms with Crippen LogP contribution in [-0.2, 0) is 27.3 Å². The molecule has 11 heteroatoms. The maximum absolute atomic E-state index is 13.6. The third-order valence-corrected chi connectivity index (χ3v) is 7.87. The van der Waals surface area contributed by atoms with Crippen molar-refractivity contribution in [3.63, 3.8) is 0 Å². The summed E-state index contributed by atoms with van der Waals surface area (Å²) < 4.78 is 11.8. The highest BCUT2D eigenvalue weighted by molar-refractivity contribution is 6.31. The average molecular weight is 528 g/mol. The van der Waals surface area contributed by atoms with Crippen molar-refractivity contribution in [3.05, 3.63) is 57.1 Å². The van der Waals surface area contributed by atoms with E-state index in [1.54, 1.807) is 6.92 Å². The van der Waals surface area contributed by atoms with Crippen LogP contribution < -0.4 is 5.73 Å². The Balaban J connectivity index is 1.68. The Morgan fingerprint density at radius 3 is 2.47 bits per heavy atom. The lowest BCUT2D eigenvalue weighted by atomic mass is 9.71. The molecule has 3 aliphatic rings. The molecule has 0 aromatic heterocycles. The molecule has 1 saturated heterocycles. The predicted octanol–water partition coefficient (Wildman–Crippen LogP) is 0.513. The van der Waals surface area contributed by atoms with Gasteiger partial charge in [-0.05, 0) is 19.4 Å². The molecular formula is C27H29NO10. The van der Waals surface area contributed by atoms with E-state index in [4.69, 9.17) is 15.2 Å². The van der Waals surface area contributed by atoms with Crippen LogP contribution in [0.15, 0.2) is 18.2 Å². The zero-order valence-electron chi connectivity index (χ0n) is 20.8. The Bertz CT molecular complexity index is 1360. The Hall–Kier alpha value is -3.19. The number of fused-ring (bicyclic) bond motifs is 3. The summed E-state index contributed by atoms with van der Waals surface area (Å²) in [7, 11) is 0. The molecule has 0 radical (unpaired) electrons. The number of aliphatic hydroxyl groups is 3. The summed E-state index contributed by atoms with van der Waals surface area (Å²) in [5, 5.41) is 53.8. The van der Waals surface area contributed by atoms with Gasteiger partial charge in [0, 0.05) is 47.6 Å². The number of hydrogen-bond acceptors (Lipinski definition) is 11. The molecule has 0 spiro atoms. The predicted molar refractivity (Wildman–Crippen MR) is 130 cm³/mol. The van der Waals surface area contributed by atoms with Crippen LogP contribution in [0.5, 0.6) is 11.5 Å². The lowest BCUT2D eigenvalue weighted by molar-refractivity contribution is -0.247. The van der Waals surface area contributed by atoms with Crippen LogP contribution in [0.25, 0.3) is 0 Å². The lowest BCUT2D eigenvalue weighted by Gasteiger charge is -2.42. The van der Waals surface area contributed by atoms with Gasteiger partial charge in [-0.15, -0.1) is 0 Å². The molecule has 202 valence electrons. The van der Waals surface area contributed by atoms with Crippen molar-refractivity contribution in [2.45, 2.75) is 76.0 Å². The molecule has 0 bridgehead atoms. The first-order valence-corrected chi connectivity index (χ1v) is 12.3. The summed E-state index contributed by atoms with van der Waals surface area (Å²) in [6.45, 7) is 2.24. The van der Waals surface area contributed by atoms with Gasteiger partial charge in [0.2, 0.25) is 0 Å². The van der Waals surface area contributed by atoms with Crippen molar-refractivity contribution in [1.82, 2.24) is 0 Å². The third kappa shape index (κ3) is 3.85. The van der Waals surface area contributed by atoms with Gasteiger partial charge in [0.15, 0.2) is 23.6 Å². The molecule has 0 saturated carbocycles. The lowest BCUT2D eigenvalue weighted by Crippen LogP contribution is -2.52. The number of phenols is 2. The molecule has 1 fully saturated rings. The van der Waals surface area contributed by atoms with Gasteiger partial charge in [0.25, 0.3) is 0 Å². The molecule has 11 nitrogen and oxygen atoms in total. The molecule has 38 heavy (non-hydrogen) atoms. The van der Waals surface area contributed by atoms with E-state index in [0.717, 1.165) is 0 Å². The summed E-state index contributed by atoms with van der Waals surface area (Å²) in [6, 6.07) is 3.64. The van der Waals surface area contributed by atoms with Crippen LogP contribution in [-0.4, -0.2) is 73.0 Å². The van der Waals surface area contributed by atoms with Crippen molar-refractivity contribution in [2.75, 3.05) is 0 Å². The van der Waals surface area contributed by atoms with Crippen LogP contribution >= 0.6 is 0 Å². The van der Waals surface area contributed by atoms with E-state index in [1.165, 1.54) is 25.1 Å². The number of hydrogen-bond donors (Lipinski definition) is 6. The number of carbonyl (C=O) groups is 3. The highest BCUT2D eigenvalue weighted by Gasteiger charge is 2.49. The second-order valence-electron chi connectivity index (χ2n) is 10.2. The highest BCUT2D eigenvalue weighted by atomic mass is 16.7. The summed E-state index contributed by atoms with van der Waals surface area (Å²) >= 11 is 0. The van der Waals surface area contributed by atoms with Crippen molar-refractivity contribution >= 4 is 17.3 Å². The monoisotopic (exact) mass is 527 g/mol. The van der Waals surface area contributed by atoms with Crippen LogP contribution in [0, 0.1) is 0 Å². The molecule has 1 unspecified atom stereocenters. The van der Waals surface area contributed by atoms with Gasteiger partial charge in [0.1, 0.15) is 17.1 Å². The minimum absolute atomic E-state index is 0.0497. The van der Waals surface area contributed by atoms with Gasteiger partial charge in [0.05, 0.1) is 36.0 Å². The number of aromatic hydroxyl groups is 2. The van der Waals surface area contributed by atoms with Gasteiger partial charge < -0.3 is 40.7 Å². The van der Waals surface area contributed by atoms with E-state index >= 15 is 0 Å². The first kappa shape index (κ1) is 26.4. The minimum Gasteiger partial charge on any atom is -0.507 e. The van der Waals surface area contributed by atoms with Gasteiger partial charge in [-0.2, -0.15) is 0 Å². The molecule has 1 aliphatic heterocycles. The molecule has 5 rings (SSSR count). The minimum atomic E-state index is -2.01.